The van der Waals surface area contributed by atoms with E-state index in [1.165, 1.54) is 0 Å². The van der Waals surface area contributed by atoms with Crippen molar-refractivity contribution in [3.05, 3.63) is 51.4 Å². The van der Waals surface area contributed by atoms with Gasteiger partial charge in [-0.3, -0.25) is 9.20 Å². The molecule has 1 fully saturated rings. The number of carbonyl (C=O) groups is 2. The number of nitrogens with zero attached hydrogens (tertiary/aromatic N) is 4. The van der Waals surface area contributed by atoms with Crippen LogP contribution in [0.3, 0.4) is 0 Å². The zero-order valence-corrected chi connectivity index (χ0v) is 23.0. The number of carbonyl (C=O) groups excluding carboxylic acids is 1. The van der Waals surface area contributed by atoms with Crippen molar-refractivity contribution in [3.8, 4) is 11.3 Å². The highest BCUT2D eigenvalue weighted by atomic mass is 35.5. The van der Waals surface area contributed by atoms with E-state index in [1.807, 2.05) is 13.0 Å². The Hall–Kier alpha value is -2.93. The maximum atomic E-state index is 13.0. The Kier molecular flexibility index (Phi) is 9.81. The first-order valence-corrected chi connectivity index (χ1v) is 12.9. The molecule has 0 spiro atoms. The highest BCUT2D eigenvalue weighted by Crippen LogP contribution is 2.34. The largest absolute Gasteiger partial charge is 0.490 e. The van der Waals surface area contributed by atoms with Gasteiger partial charge in [0, 0.05) is 59.8 Å². The van der Waals surface area contributed by atoms with E-state index in [0.717, 1.165) is 48.4 Å². The number of aryl methyl sites for hydroxylation is 1. The minimum atomic E-state index is -5.08. The zero-order valence-electron chi connectivity index (χ0n) is 21.5. The molecular weight excluding hydrogens is 560 g/mol. The first kappa shape index (κ1) is 30.6. The third kappa shape index (κ3) is 7.38. The van der Waals surface area contributed by atoms with Gasteiger partial charge in [0.15, 0.2) is 0 Å². The van der Waals surface area contributed by atoms with Gasteiger partial charge in [-0.25, -0.2) is 14.8 Å². The predicted molar refractivity (Wildman–Crippen MR) is 142 cm³/mol. The summed E-state index contributed by atoms with van der Waals surface area (Å²) in [6.07, 6.45) is -1.52. The number of benzene rings is 1. The molecule has 1 aliphatic rings. The summed E-state index contributed by atoms with van der Waals surface area (Å²) in [5.74, 6) is -2.52. The summed E-state index contributed by atoms with van der Waals surface area (Å²) < 4.78 is 33.5. The minimum Gasteiger partial charge on any atom is -0.475 e. The van der Waals surface area contributed by atoms with Gasteiger partial charge in [-0.05, 0) is 51.8 Å². The smallest absolute Gasteiger partial charge is 0.475 e. The van der Waals surface area contributed by atoms with Gasteiger partial charge in [0.05, 0.1) is 10.7 Å². The zero-order chi connectivity index (χ0) is 29.1. The topological polar surface area (TPSA) is 126 Å². The Balaban J connectivity index is 0.000000532. The molecule has 9 nitrogen and oxygen atoms in total. The van der Waals surface area contributed by atoms with E-state index in [4.69, 9.17) is 38.8 Å². The molecule has 3 heterocycles. The third-order valence-electron chi connectivity index (χ3n) is 6.38. The number of imidazole rings is 1. The molecule has 3 aromatic rings. The SMILES string of the molecule is Cc1nc2nc(C(=O)NC3CCN(C(C)C)CC3)cn2c(-c2ccc(Cl)cc2Cl)c1CN.O=C(O)C(F)(F)F. The lowest BCUT2D eigenvalue weighted by Crippen LogP contribution is -2.46. The number of carboxylic acids is 1. The van der Waals surface area contributed by atoms with E-state index in [2.05, 4.69) is 34.0 Å². The van der Waals surface area contributed by atoms with E-state index in [0.29, 0.717) is 27.6 Å². The molecular formula is C25H29Cl2F3N6O3. The quantitative estimate of drug-likeness (QED) is 0.394. The summed E-state index contributed by atoms with van der Waals surface area (Å²) in [6.45, 7) is 8.51. The number of hydrogen-bond donors (Lipinski definition) is 3. The maximum Gasteiger partial charge on any atom is 0.490 e. The normalized spacial score (nSPS) is 14.8. The number of aromatic nitrogens is 3. The summed E-state index contributed by atoms with van der Waals surface area (Å²) in [6, 6.07) is 5.98. The number of fused-ring (bicyclic) bond motifs is 1. The lowest BCUT2D eigenvalue weighted by atomic mass is 10.0. The fourth-order valence-electron chi connectivity index (χ4n) is 4.30. The highest BCUT2D eigenvalue weighted by Gasteiger charge is 2.38. The monoisotopic (exact) mass is 588 g/mol. The average molecular weight is 589 g/mol. The molecule has 4 N–H and O–H groups in total. The van der Waals surface area contributed by atoms with Gasteiger partial charge in [0.1, 0.15) is 5.69 Å². The maximum absolute atomic E-state index is 13.0. The van der Waals surface area contributed by atoms with Gasteiger partial charge in [-0.2, -0.15) is 13.2 Å². The molecule has 39 heavy (non-hydrogen) atoms. The van der Waals surface area contributed by atoms with E-state index in [-0.39, 0.29) is 18.5 Å². The highest BCUT2D eigenvalue weighted by molar-refractivity contribution is 6.36. The molecule has 0 radical (unpaired) electrons. The number of likely N-dealkylation sites (tertiary alicyclic amines) is 1. The van der Waals surface area contributed by atoms with Crippen LogP contribution in [0.2, 0.25) is 10.0 Å². The van der Waals surface area contributed by atoms with Gasteiger partial charge in [0.25, 0.3) is 5.91 Å². The Labute approximate surface area is 233 Å². The Morgan fingerprint density at radius 3 is 2.33 bits per heavy atom. The third-order valence-corrected chi connectivity index (χ3v) is 6.93. The Morgan fingerprint density at radius 2 is 1.82 bits per heavy atom. The van der Waals surface area contributed by atoms with Crippen LogP contribution in [0.5, 0.6) is 0 Å². The number of nitrogens with one attached hydrogen (secondary N) is 1. The first-order valence-electron chi connectivity index (χ1n) is 12.1. The molecule has 14 heteroatoms. The van der Waals surface area contributed by atoms with Crippen LogP contribution in [-0.2, 0) is 11.3 Å². The molecule has 0 saturated carbocycles. The number of nitrogens with two attached hydrogens (primary N) is 1. The van der Waals surface area contributed by atoms with Gasteiger partial charge in [-0.15, -0.1) is 0 Å². The van der Waals surface area contributed by atoms with Crippen LogP contribution >= 0.6 is 23.2 Å². The summed E-state index contributed by atoms with van der Waals surface area (Å²) in [4.78, 5) is 33.4. The first-order chi connectivity index (χ1) is 18.2. The predicted octanol–water partition coefficient (Wildman–Crippen LogP) is 4.71. The van der Waals surface area contributed by atoms with Crippen molar-refractivity contribution in [3.63, 3.8) is 0 Å². The molecule has 212 valence electrons. The molecule has 1 aromatic carbocycles. The average Bonchev–Trinajstić information content (AvgIpc) is 3.27. The van der Waals surface area contributed by atoms with Crippen LogP contribution in [0.25, 0.3) is 17.0 Å². The van der Waals surface area contributed by atoms with Crippen LogP contribution < -0.4 is 11.1 Å². The Bertz CT molecular complexity index is 1360. The van der Waals surface area contributed by atoms with Crippen LogP contribution in [-0.4, -0.2) is 67.6 Å². The Morgan fingerprint density at radius 1 is 1.21 bits per heavy atom. The number of amides is 1. The number of halogens is 5. The van der Waals surface area contributed by atoms with Crippen molar-refractivity contribution >= 4 is 40.9 Å². The molecule has 0 bridgehead atoms. The number of hydrogen-bond acceptors (Lipinski definition) is 6. The van der Waals surface area contributed by atoms with Gasteiger partial charge < -0.3 is 21.1 Å². The number of aliphatic carboxylic acids is 1. The lowest BCUT2D eigenvalue weighted by molar-refractivity contribution is -0.192. The summed E-state index contributed by atoms with van der Waals surface area (Å²) in [5.41, 5.74) is 9.50. The molecule has 2 aromatic heterocycles. The van der Waals surface area contributed by atoms with Crippen LogP contribution in [0, 0.1) is 6.92 Å². The molecule has 0 atom stereocenters. The van der Waals surface area contributed by atoms with Crippen molar-refractivity contribution in [2.24, 2.45) is 5.73 Å². The van der Waals surface area contributed by atoms with Gasteiger partial charge in [-0.1, -0.05) is 23.2 Å². The van der Waals surface area contributed by atoms with Crippen LogP contribution in [0.15, 0.2) is 24.4 Å². The van der Waals surface area contributed by atoms with E-state index < -0.39 is 12.1 Å². The van der Waals surface area contributed by atoms with E-state index >= 15 is 0 Å². The van der Waals surface area contributed by atoms with Crippen molar-refractivity contribution in [1.82, 2.24) is 24.6 Å². The van der Waals surface area contributed by atoms with Crippen molar-refractivity contribution in [2.75, 3.05) is 13.1 Å². The molecule has 1 amide bonds. The standard InChI is InChI=1S/C23H28Cl2N6O.C2HF3O2/c1-13(2)30-8-6-16(7-9-30)28-22(32)20-12-31-21(17-5-4-15(24)10-19(17)25)18(11-26)14(3)27-23(31)29-20;3-2(4,5)1(6)7/h4-5,10,12-13,16H,6-9,11,26H2,1-3H3,(H,28,32);(H,6,7). The number of rotatable bonds is 5. The number of alkyl halides is 3. The fraction of sp³-hybridized carbons (Fsp3) is 0.440. The number of piperidine rings is 1. The van der Waals surface area contributed by atoms with Gasteiger partial charge >= 0.3 is 12.1 Å². The lowest BCUT2D eigenvalue weighted by Gasteiger charge is -2.34. The molecule has 1 aliphatic heterocycles. The summed E-state index contributed by atoms with van der Waals surface area (Å²) in [7, 11) is 0. The molecule has 1 saturated heterocycles. The van der Waals surface area contributed by atoms with Crippen LogP contribution in [0.1, 0.15) is 48.4 Å². The molecule has 4 rings (SSSR count). The second kappa shape index (κ2) is 12.5. The second-order valence-electron chi connectivity index (χ2n) is 9.33. The molecule has 0 unspecified atom stereocenters. The van der Waals surface area contributed by atoms with Crippen molar-refractivity contribution < 1.29 is 27.9 Å². The summed E-state index contributed by atoms with van der Waals surface area (Å²) in [5, 5.41) is 11.3. The second-order valence-corrected chi connectivity index (χ2v) is 10.2. The van der Waals surface area contributed by atoms with Crippen molar-refractivity contribution in [2.45, 2.75) is 58.4 Å². The minimum absolute atomic E-state index is 0.141. The van der Waals surface area contributed by atoms with E-state index in [9.17, 15) is 18.0 Å². The van der Waals surface area contributed by atoms with Gasteiger partial charge in [0.2, 0.25) is 5.78 Å². The van der Waals surface area contributed by atoms with Crippen LogP contribution in [0.4, 0.5) is 13.2 Å². The fourth-order valence-corrected chi connectivity index (χ4v) is 4.79. The van der Waals surface area contributed by atoms with Crippen molar-refractivity contribution in [1.29, 1.82) is 0 Å². The summed E-state index contributed by atoms with van der Waals surface area (Å²) >= 11 is 12.6. The number of carboxylic acid groups (broad SMARTS) is 1. The molecule has 0 aliphatic carbocycles. The van der Waals surface area contributed by atoms with E-state index in [1.54, 1.807) is 22.7 Å².